The van der Waals surface area contributed by atoms with Crippen molar-refractivity contribution in [3.8, 4) is 5.75 Å². The highest BCUT2D eigenvalue weighted by molar-refractivity contribution is 9.10. The number of amides is 2. The van der Waals surface area contributed by atoms with E-state index in [-0.39, 0.29) is 29.8 Å². The monoisotopic (exact) mass is 588 g/mol. The van der Waals surface area contributed by atoms with Gasteiger partial charge in [0.2, 0.25) is 11.8 Å². The van der Waals surface area contributed by atoms with Crippen LogP contribution in [0.4, 0.5) is 5.69 Å². The summed E-state index contributed by atoms with van der Waals surface area (Å²) in [6.07, 6.45) is 0. The number of methoxy groups -OCH3 is 1. The average molecular weight is 589 g/mol. The highest BCUT2D eigenvalue weighted by Gasteiger charge is 2.56. The zero-order chi connectivity index (χ0) is 25.6. The molecular formula is C25H21BrN2O6S2. The Hall–Kier alpha value is -2.89. The van der Waals surface area contributed by atoms with E-state index in [1.54, 1.807) is 50.4 Å². The molecule has 2 aliphatic heterocycles. The van der Waals surface area contributed by atoms with Gasteiger partial charge in [0.1, 0.15) is 17.5 Å². The van der Waals surface area contributed by atoms with Gasteiger partial charge in [-0.05, 0) is 48.9 Å². The summed E-state index contributed by atoms with van der Waals surface area (Å²) in [5.41, 5.74) is 1.28. The number of halogens is 1. The molecular weight excluding hydrogens is 568 g/mol. The van der Waals surface area contributed by atoms with Crippen molar-refractivity contribution < 1.29 is 23.9 Å². The number of hydrogen-bond donors (Lipinski definition) is 0. The zero-order valence-corrected chi connectivity index (χ0v) is 22.5. The van der Waals surface area contributed by atoms with Gasteiger partial charge in [-0.3, -0.25) is 23.7 Å². The van der Waals surface area contributed by atoms with E-state index in [0.717, 1.165) is 21.4 Å². The van der Waals surface area contributed by atoms with Crippen LogP contribution in [0.5, 0.6) is 5.75 Å². The quantitative estimate of drug-likeness (QED) is 0.317. The lowest BCUT2D eigenvalue weighted by Gasteiger charge is -2.30. The van der Waals surface area contributed by atoms with Crippen LogP contribution < -0.4 is 14.5 Å². The van der Waals surface area contributed by atoms with Crippen molar-refractivity contribution in [1.29, 1.82) is 0 Å². The highest BCUT2D eigenvalue weighted by atomic mass is 79.9. The standard InChI is InChI=1S/C25H21BrN2O6S2/c1-3-34-17(29)12-27-24-21(36-25(27)32)18(13-4-10-16(33-2)11-5-13)19-20(35-24)23(31)28(22(19)30)15-8-6-14(26)7-9-15/h4-11,18-20H,3,12H2,1-2H3. The number of imide groups is 1. The summed E-state index contributed by atoms with van der Waals surface area (Å²) in [7, 11) is 1.57. The lowest BCUT2D eigenvalue weighted by molar-refractivity contribution is -0.144. The van der Waals surface area contributed by atoms with Crippen molar-refractivity contribution in [1.82, 2.24) is 4.57 Å². The van der Waals surface area contributed by atoms with Crippen molar-refractivity contribution in [2.75, 3.05) is 18.6 Å². The average Bonchev–Trinajstić information content (AvgIpc) is 3.31. The number of esters is 1. The Morgan fingerprint density at radius 1 is 1.03 bits per heavy atom. The molecule has 0 N–H and O–H groups in total. The third kappa shape index (κ3) is 4.18. The first-order chi connectivity index (χ1) is 17.3. The second kappa shape index (κ2) is 9.87. The van der Waals surface area contributed by atoms with Gasteiger partial charge in [-0.25, -0.2) is 4.90 Å². The first-order valence-electron chi connectivity index (χ1n) is 11.2. The molecule has 2 amide bonds. The van der Waals surface area contributed by atoms with Gasteiger partial charge in [0, 0.05) is 15.3 Å². The smallest absolute Gasteiger partial charge is 0.326 e. The second-order valence-electron chi connectivity index (χ2n) is 8.23. The van der Waals surface area contributed by atoms with Gasteiger partial charge >= 0.3 is 10.8 Å². The maximum Gasteiger partial charge on any atom is 0.326 e. The molecule has 1 saturated heterocycles. The van der Waals surface area contributed by atoms with Crippen molar-refractivity contribution in [2.45, 2.75) is 29.7 Å². The van der Waals surface area contributed by atoms with Crippen molar-refractivity contribution >= 4 is 62.5 Å². The number of fused-ring (bicyclic) bond motifs is 2. The number of aromatic nitrogens is 1. The Labute approximate surface area is 223 Å². The van der Waals surface area contributed by atoms with Gasteiger partial charge in [-0.15, -0.1) is 0 Å². The largest absolute Gasteiger partial charge is 0.497 e. The molecule has 8 nitrogen and oxygen atoms in total. The van der Waals surface area contributed by atoms with E-state index < -0.39 is 23.1 Å². The molecule has 2 aromatic carbocycles. The molecule has 3 unspecified atom stereocenters. The molecule has 0 bridgehead atoms. The van der Waals surface area contributed by atoms with Crippen molar-refractivity contribution in [2.24, 2.45) is 5.92 Å². The summed E-state index contributed by atoms with van der Waals surface area (Å²) in [6, 6.07) is 14.3. The van der Waals surface area contributed by atoms with Crippen LogP contribution in [0.25, 0.3) is 0 Å². The second-order valence-corrected chi connectivity index (χ2v) is 11.3. The maximum atomic E-state index is 13.8. The minimum absolute atomic E-state index is 0.196. The van der Waals surface area contributed by atoms with Crippen LogP contribution in [-0.4, -0.2) is 41.3 Å². The van der Waals surface area contributed by atoms with E-state index in [1.807, 2.05) is 12.1 Å². The first kappa shape index (κ1) is 24.8. The Morgan fingerprint density at radius 2 is 1.72 bits per heavy atom. The molecule has 5 rings (SSSR count). The Balaban J connectivity index is 1.63. The molecule has 2 aliphatic rings. The number of nitrogens with zero attached hydrogens (tertiary/aromatic N) is 2. The number of hydrogen-bond acceptors (Lipinski definition) is 8. The van der Waals surface area contributed by atoms with Crippen molar-refractivity contribution in [3.63, 3.8) is 0 Å². The molecule has 0 radical (unpaired) electrons. The summed E-state index contributed by atoms with van der Waals surface area (Å²) in [4.78, 5) is 54.2. The molecule has 3 heterocycles. The number of thioether (sulfide) groups is 1. The molecule has 186 valence electrons. The Kier molecular flexibility index (Phi) is 6.80. The van der Waals surface area contributed by atoms with E-state index in [2.05, 4.69) is 15.9 Å². The van der Waals surface area contributed by atoms with Gasteiger partial charge in [-0.1, -0.05) is 51.2 Å². The van der Waals surface area contributed by atoms with E-state index in [4.69, 9.17) is 9.47 Å². The topological polar surface area (TPSA) is 94.9 Å². The van der Waals surface area contributed by atoms with Crippen LogP contribution in [0.2, 0.25) is 0 Å². The summed E-state index contributed by atoms with van der Waals surface area (Å²) in [6.45, 7) is 1.64. The van der Waals surface area contributed by atoms with E-state index >= 15 is 0 Å². The van der Waals surface area contributed by atoms with Crippen LogP contribution in [0.1, 0.15) is 23.3 Å². The zero-order valence-electron chi connectivity index (χ0n) is 19.3. The molecule has 0 aliphatic carbocycles. The van der Waals surface area contributed by atoms with Crippen LogP contribution >= 0.6 is 39.0 Å². The maximum absolute atomic E-state index is 13.8. The van der Waals surface area contributed by atoms with Crippen LogP contribution in [0.15, 0.2) is 62.8 Å². The SMILES string of the molecule is CCOC(=O)Cn1c2c(sc1=O)C(c1ccc(OC)cc1)C1C(=O)N(c3ccc(Br)cc3)C(=O)C1S2. The fraction of sp³-hybridized carbons (Fsp3) is 0.280. The van der Waals surface area contributed by atoms with Gasteiger partial charge < -0.3 is 9.47 Å². The number of ether oxygens (including phenoxy) is 2. The van der Waals surface area contributed by atoms with Gasteiger partial charge in [0.05, 0.1) is 30.3 Å². The summed E-state index contributed by atoms with van der Waals surface area (Å²) < 4.78 is 12.5. The van der Waals surface area contributed by atoms with E-state index in [9.17, 15) is 19.2 Å². The Morgan fingerprint density at radius 3 is 2.36 bits per heavy atom. The van der Waals surface area contributed by atoms with Crippen molar-refractivity contribution in [3.05, 3.63) is 73.1 Å². The lowest BCUT2D eigenvalue weighted by atomic mass is 9.83. The molecule has 11 heteroatoms. The summed E-state index contributed by atoms with van der Waals surface area (Å²) in [5, 5.41) is -0.220. The number of thiazole rings is 1. The number of benzene rings is 2. The third-order valence-electron chi connectivity index (χ3n) is 6.20. The molecule has 1 fully saturated rings. The normalized spacial score (nSPS) is 20.8. The summed E-state index contributed by atoms with van der Waals surface area (Å²) >= 11 is 5.56. The molecule has 0 spiro atoms. The van der Waals surface area contributed by atoms with Crippen LogP contribution in [0.3, 0.4) is 0 Å². The molecule has 3 atom stereocenters. The number of carbonyl (C=O) groups is 3. The molecule has 1 aromatic heterocycles. The van der Waals surface area contributed by atoms with Crippen LogP contribution in [-0.2, 0) is 25.7 Å². The number of anilines is 1. The van der Waals surface area contributed by atoms with Crippen LogP contribution in [0, 0.1) is 5.92 Å². The fourth-order valence-electron chi connectivity index (χ4n) is 4.61. The molecule has 0 saturated carbocycles. The first-order valence-corrected chi connectivity index (χ1v) is 13.7. The summed E-state index contributed by atoms with van der Waals surface area (Å²) in [5.74, 6) is -1.78. The number of carbonyl (C=O) groups excluding carboxylic acids is 3. The lowest BCUT2D eigenvalue weighted by Crippen LogP contribution is -2.32. The predicted molar refractivity (Wildman–Crippen MR) is 140 cm³/mol. The molecule has 36 heavy (non-hydrogen) atoms. The van der Waals surface area contributed by atoms with Gasteiger partial charge in [0.15, 0.2) is 0 Å². The fourth-order valence-corrected chi connectivity index (χ4v) is 7.64. The highest BCUT2D eigenvalue weighted by Crippen LogP contribution is 2.54. The minimum Gasteiger partial charge on any atom is -0.497 e. The predicted octanol–water partition coefficient (Wildman–Crippen LogP) is 4.04. The molecule has 3 aromatic rings. The van der Waals surface area contributed by atoms with E-state index in [0.29, 0.717) is 21.3 Å². The third-order valence-corrected chi connectivity index (χ3v) is 9.33. The minimum atomic E-state index is -0.747. The van der Waals surface area contributed by atoms with E-state index in [1.165, 1.54) is 21.2 Å². The van der Waals surface area contributed by atoms with Gasteiger partial charge in [0.25, 0.3) is 0 Å². The Bertz CT molecular complexity index is 1400. The van der Waals surface area contributed by atoms with Gasteiger partial charge in [-0.2, -0.15) is 0 Å². The number of rotatable bonds is 6.